The summed E-state index contributed by atoms with van der Waals surface area (Å²) < 4.78 is 0. The third-order valence-corrected chi connectivity index (χ3v) is 14.5. The SMILES string of the molecule is CC1(C)c2c(cccc2-c2ccc(-c3nc(-c4ccccc4)cc(-c4ccc5c(c4)C(c4ccccc4)(c4ccccc4)c4ccccc4-5)n3)c3ccccc23)-c2ccc3ccccc3c21. The first kappa shape index (κ1) is 38.3. The van der Waals surface area contributed by atoms with Gasteiger partial charge in [0.1, 0.15) is 0 Å². The van der Waals surface area contributed by atoms with Crippen LogP contribution in [0.4, 0.5) is 0 Å². The van der Waals surface area contributed by atoms with E-state index in [1.54, 1.807) is 0 Å². The Morgan fingerprint density at radius 3 is 1.55 bits per heavy atom. The number of aromatic nitrogens is 2. The number of rotatable bonds is 6. The first-order chi connectivity index (χ1) is 32.5. The zero-order valence-electron chi connectivity index (χ0n) is 36.8. The van der Waals surface area contributed by atoms with E-state index in [1.807, 2.05) is 0 Å². The molecule has 0 atom stereocenters. The van der Waals surface area contributed by atoms with Gasteiger partial charge in [-0.25, -0.2) is 9.97 Å². The summed E-state index contributed by atoms with van der Waals surface area (Å²) in [6, 6.07) is 84.2. The normalized spacial score (nSPS) is 13.8. The number of hydrogen-bond donors (Lipinski definition) is 0. The molecule has 0 saturated heterocycles. The highest BCUT2D eigenvalue weighted by molar-refractivity contribution is 6.07. The van der Waals surface area contributed by atoms with Crippen LogP contribution in [-0.4, -0.2) is 9.97 Å². The van der Waals surface area contributed by atoms with Crippen molar-refractivity contribution in [1.82, 2.24) is 9.97 Å². The highest BCUT2D eigenvalue weighted by Crippen LogP contribution is 2.58. The van der Waals surface area contributed by atoms with Gasteiger partial charge in [0.15, 0.2) is 5.82 Å². The minimum Gasteiger partial charge on any atom is -0.228 e. The van der Waals surface area contributed by atoms with Gasteiger partial charge in [-0.2, -0.15) is 0 Å². The molecule has 2 heteroatoms. The van der Waals surface area contributed by atoms with Crippen molar-refractivity contribution in [3.05, 3.63) is 264 Å². The molecule has 0 N–H and O–H groups in total. The van der Waals surface area contributed by atoms with Gasteiger partial charge in [0.25, 0.3) is 0 Å². The second kappa shape index (κ2) is 14.7. The molecule has 2 nitrogen and oxygen atoms in total. The number of hydrogen-bond acceptors (Lipinski definition) is 2. The van der Waals surface area contributed by atoms with Gasteiger partial charge in [0.2, 0.25) is 0 Å². The van der Waals surface area contributed by atoms with Gasteiger partial charge in [-0.15, -0.1) is 0 Å². The molecule has 13 rings (SSSR count). The van der Waals surface area contributed by atoms with Crippen LogP contribution in [0.1, 0.15) is 47.2 Å². The molecule has 0 aliphatic heterocycles. The Labute approximate surface area is 385 Å². The van der Waals surface area contributed by atoms with Crippen LogP contribution >= 0.6 is 0 Å². The fourth-order valence-electron chi connectivity index (χ4n) is 11.8. The van der Waals surface area contributed by atoms with Gasteiger partial charge >= 0.3 is 0 Å². The summed E-state index contributed by atoms with van der Waals surface area (Å²) in [5.74, 6) is 0.702. The molecule has 2 aliphatic carbocycles. The second-order valence-corrected chi connectivity index (χ2v) is 18.4. The van der Waals surface area contributed by atoms with Crippen molar-refractivity contribution < 1.29 is 0 Å². The van der Waals surface area contributed by atoms with Crippen LogP contribution in [0.15, 0.2) is 231 Å². The number of nitrogens with zero attached hydrogens (tertiary/aromatic N) is 2. The molecular formula is C64H44N2. The first-order valence-corrected chi connectivity index (χ1v) is 23.0. The van der Waals surface area contributed by atoms with E-state index in [2.05, 4.69) is 244 Å². The Bertz CT molecular complexity index is 3680. The van der Waals surface area contributed by atoms with Crippen LogP contribution in [0.2, 0.25) is 0 Å². The van der Waals surface area contributed by atoms with Crippen molar-refractivity contribution in [2.75, 3.05) is 0 Å². The maximum atomic E-state index is 5.55. The van der Waals surface area contributed by atoms with Crippen LogP contribution in [0.25, 0.3) is 88.8 Å². The van der Waals surface area contributed by atoms with E-state index in [1.165, 1.54) is 82.9 Å². The molecule has 10 aromatic carbocycles. The summed E-state index contributed by atoms with van der Waals surface area (Å²) in [4.78, 5) is 11.0. The van der Waals surface area contributed by atoms with Gasteiger partial charge in [0.05, 0.1) is 16.8 Å². The fraction of sp³-hybridized carbons (Fsp3) is 0.0625. The molecule has 310 valence electrons. The zero-order chi connectivity index (χ0) is 44.0. The van der Waals surface area contributed by atoms with Crippen LogP contribution < -0.4 is 0 Å². The van der Waals surface area contributed by atoms with E-state index in [9.17, 15) is 0 Å². The summed E-state index contributed by atoms with van der Waals surface area (Å²) in [7, 11) is 0. The maximum absolute atomic E-state index is 5.55. The lowest BCUT2D eigenvalue weighted by atomic mass is 9.67. The summed E-state index contributed by atoms with van der Waals surface area (Å²) in [5, 5.41) is 4.91. The lowest BCUT2D eigenvalue weighted by Gasteiger charge is -2.34. The molecule has 11 aromatic rings. The lowest BCUT2D eigenvalue weighted by molar-refractivity contribution is 0.668. The minimum absolute atomic E-state index is 0.209. The van der Waals surface area contributed by atoms with E-state index in [-0.39, 0.29) is 5.41 Å². The van der Waals surface area contributed by atoms with Crippen LogP contribution in [-0.2, 0) is 10.8 Å². The zero-order valence-corrected chi connectivity index (χ0v) is 36.8. The van der Waals surface area contributed by atoms with Crippen molar-refractivity contribution in [3.63, 3.8) is 0 Å². The Balaban J connectivity index is 1.01. The van der Waals surface area contributed by atoms with Gasteiger partial charge in [-0.3, -0.25) is 0 Å². The summed E-state index contributed by atoms with van der Waals surface area (Å²) in [5.41, 5.74) is 19.6. The van der Waals surface area contributed by atoms with Crippen LogP contribution in [0.5, 0.6) is 0 Å². The molecule has 1 aromatic heterocycles. The van der Waals surface area contributed by atoms with Crippen molar-refractivity contribution in [3.8, 4) is 67.3 Å². The topological polar surface area (TPSA) is 25.8 Å². The highest BCUT2D eigenvalue weighted by atomic mass is 14.9. The Morgan fingerprint density at radius 1 is 0.318 bits per heavy atom. The van der Waals surface area contributed by atoms with Crippen LogP contribution in [0, 0.1) is 0 Å². The molecule has 0 spiro atoms. The van der Waals surface area contributed by atoms with Gasteiger partial charge < -0.3 is 0 Å². The standard InChI is InChI=1S/C64H44N2/c1-63(2)60-46-26-13-12-19-41(46)33-36-54(60)53-31-18-30-52(61(53)63)49-37-38-55(48-28-15-14-27-47(48)49)62-65-58(42-20-6-3-7-21-42)40-59(66-62)43-34-35-51-50-29-16-17-32-56(50)64(57(51)39-43,44-22-8-4-9-23-44)45-24-10-5-11-25-45/h3-40H,1-2H3. The molecule has 0 fully saturated rings. The van der Waals surface area contributed by atoms with Crippen molar-refractivity contribution in [2.45, 2.75) is 24.7 Å². The van der Waals surface area contributed by atoms with Gasteiger partial charge in [-0.1, -0.05) is 226 Å². The Hall–Kier alpha value is -8.20. The molecule has 0 radical (unpaired) electrons. The quantitative estimate of drug-likeness (QED) is 0.167. The third kappa shape index (κ3) is 5.55. The Kier molecular flexibility index (Phi) is 8.51. The van der Waals surface area contributed by atoms with E-state index in [0.717, 1.165) is 33.5 Å². The molecule has 0 unspecified atom stereocenters. The molecule has 0 bridgehead atoms. The van der Waals surface area contributed by atoms with E-state index in [0.29, 0.717) is 5.82 Å². The first-order valence-electron chi connectivity index (χ1n) is 23.0. The summed E-state index contributed by atoms with van der Waals surface area (Å²) >= 11 is 0. The Morgan fingerprint density at radius 2 is 0.818 bits per heavy atom. The third-order valence-electron chi connectivity index (χ3n) is 14.5. The average Bonchev–Trinajstić information content (AvgIpc) is 3.82. The predicted octanol–water partition coefficient (Wildman–Crippen LogP) is 16.1. The van der Waals surface area contributed by atoms with E-state index in [4.69, 9.17) is 9.97 Å². The number of benzene rings is 10. The van der Waals surface area contributed by atoms with Crippen molar-refractivity contribution in [2.24, 2.45) is 0 Å². The number of fused-ring (bicyclic) bond motifs is 9. The molecular weight excluding hydrogens is 797 g/mol. The average molecular weight is 841 g/mol. The van der Waals surface area contributed by atoms with Gasteiger partial charge in [-0.05, 0) is 107 Å². The highest BCUT2D eigenvalue weighted by Gasteiger charge is 2.46. The second-order valence-electron chi connectivity index (χ2n) is 18.4. The van der Waals surface area contributed by atoms with Crippen molar-refractivity contribution in [1.29, 1.82) is 0 Å². The monoisotopic (exact) mass is 840 g/mol. The molecule has 1 heterocycles. The van der Waals surface area contributed by atoms with Crippen LogP contribution in [0.3, 0.4) is 0 Å². The van der Waals surface area contributed by atoms with E-state index >= 15 is 0 Å². The largest absolute Gasteiger partial charge is 0.228 e. The summed E-state index contributed by atoms with van der Waals surface area (Å²) in [6.45, 7) is 4.80. The minimum atomic E-state index is -0.519. The van der Waals surface area contributed by atoms with Crippen molar-refractivity contribution >= 4 is 21.5 Å². The maximum Gasteiger partial charge on any atom is 0.161 e. The molecule has 66 heavy (non-hydrogen) atoms. The lowest BCUT2D eigenvalue weighted by Crippen LogP contribution is -2.28. The molecule has 2 aliphatic rings. The molecule has 0 amide bonds. The fourth-order valence-corrected chi connectivity index (χ4v) is 11.8. The molecule has 0 saturated carbocycles. The van der Waals surface area contributed by atoms with E-state index < -0.39 is 5.41 Å². The smallest absolute Gasteiger partial charge is 0.161 e. The summed E-state index contributed by atoms with van der Waals surface area (Å²) in [6.07, 6.45) is 0. The van der Waals surface area contributed by atoms with Gasteiger partial charge in [0, 0.05) is 22.1 Å². The predicted molar refractivity (Wildman–Crippen MR) is 274 cm³/mol.